The first-order chi connectivity index (χ1) is 12.7. The van der Waals surface area contributed by atoms with Crippen LogP contribution in [-0.4, -0.2) is 59.6 Å². The largest absolute Gasteiger partial charge is 0.394 e. The highest BCUT2D eigenvalue weighted by Gasteiger charge is 2.40. The number of aliphatic hydroxyl groups excluding tert-OH is 3. The number of allylic oxidation sites excluding steroid dienone is 2. The molecule has 5 nitrogen and oxygen atoms in total. The van der Waals surface area contributed by atoms with Gasteiger partial charge in [0.25, 0.3) is 0 Å². The summed E-state index contributed by atoms with van der Waals surface area (Å²) in [5.41, 5.74) is 0. The molecule has 0 saturated carbocycles. The zero-order valence-corrected chi connectivity index (χ0v) is 16.5. The standard InChI is InChI=1S/C21H40O5/c1-2-3-4-5-6-7-8-9-10-11-12-13-14-15-25-21-19(24)17-26-20(21)18(23)16-22/h2-3,18-24H,4-17H2,1H3/b3-2+/t18-,19+,20+,21+/m0/s1. The molecule has 3 N–H and O–H groups in total. The van der Waals surface area contributed by atoms with Crippen molar-refractivity contribution < 1.29 is 24.8 Å². The van der Waals surface area contributed by atoms with E-state index in [1.807, 2.05) is 0 Å². The van der Waals surface area contributed by atoms with E-state index in [0.717, 1.165) is 12.8 Å². The summed E-state index contributed by atoms with van der Waals surface area (Å²) >= 11 is 0. The van der Waals surface area contributed by atoms with Crippen LogP contribution < -0.4 is 0 Å². The van der Waals surface area contributed by atoms with Gasteiger partial charge >= 0.3 is 0 Å². The van der Waals surface area contributed by atoms with Gasteiger partial charge < -0.3 is 24.8 Å². The van der Waals surface area contributed by atoms with Gasteiger partial charge in [-0.2, -0.15) is 0 Å². The lowest BCUT2D eigenvalue weighted by atomic mass is 10.1. The second-order valence-electron chi connectivity index (χ2n) is 7.34. The summed E-state index contributed by atoms with van der Waals surface area (Å²) in [5, 5.41) is 28.6. The third-order valence-electron chi connectivity index (χ3n) is 5.04. The van der Waals surface area contributed by atoms with Crippen molar-refractivity contribution in [3.8, 4) is 0 Å². The minimum Gasteiger partial charge on any atom is -0.394 e. The van der Waals surface area contributed by atoms with E-state index in [2.05, 4.69) is 19.1 Å². The van der Waals surface area contributed by atoms with E-state index in [0.29, 0.717) is 6.61 Å². The first kappa shape index (κ1) is 23.6. The highest BCUT2D eigenvalue weighted by atomic mass is 16.6. The summed E-state index contributed by atoms with van der Waals surface area (Å²) in [6.07, 6.45) is 15.3. The zero-order valence-electron chi connectivity index (χ0n) is 16.5. The molecule has 0 spiro atoms. The molecular weight excluding hydrogens is 332 g/mol. The number of unbranched alkanes of at least 4 members (excludes halogenated alkanes) is 10. The van der Waals surface area contributed by atoms with E-state index in [-0.39, 0.29) is 13.2 Å². The predicted octanol–water partition coefficient (Wildman–Crippen LogP) is 3.35. The van der Waals surface area contributed by atoms with Crippen LogP contribution in [0.15, 0.2) is 12.2 Å². The normalized spacial score (nSPS) is 24.5. The summed E-state index contributed by atoms with van der Waals surface area (Å²) in [4.78, 5) is 0. The Hall–Kier alpha value is -0.460. The smallest absolute Gasteiger partial charge is 0.114 e. The third kappa shape index (κ3) is 10.0. The lowest BCUT2D eigenvalue weighted by Crippen LogP contribution is -2.42. The highest BCUT2D eigenvalue weighted by molar-refractivity contribution is 4.89. The Kier molecular flexibility index (Phi) is 14.1. The SMILES string of the molecule is C/C=C/CCCCCCCCCCCCO[C@H]1[C@@H]([C@@H](O)CO)OC[C@H]1O. The Morgan fingerprint density at radius 2 is 1.58 bits per heavy atom. The molecule has 0 radical (unpaired) electrons. The van der Waals surface area contributed by atoms with Gasteiger partial charge in [-0.25, -0.2) is 0 Å². The maximum Gasteiger partial charge on any atom is 0.114 e. The van der Waals surface area contributed by atoms with E-state index < -0.39 is 24.4 Å². The molecule has 1 fully saturated rings. The number of aliphatic hydroxyl groups is 3. The average molecular weight is 373 g/mol. The number of rotatable bonds is 16. The molecule has 1 aliphatic heterocycles. The van der Waals surface area contributed by atoms with Crippen molar-refractivity contribution in [1.82, 2.24) is 0 Å². The monoisotopic (exact) mass is 372 g/mol. The van der Waals surface area contributed by atoms with Crippen LogP contribution >= 0.6 is 0 Å². The maximum absolute atomic E-state index is 9.86. The lowest BCUT2D eigenvalue weighted by molar-refractivity contribution is -0.0938. The molecule has 1 aliphatic rings. The molecule has 0 amide bonds. The minimum atomic E-state index is -1.000. The molecular formula is C21H40O5. The van der Waals surface area contributed by atoms with Crippen molar-refractivity contribution in [2.75, 3.05) is 19.8 Å². The second kappa shape index (κ2) is 15.6. The van der Waals surface area contributed by atoms with E-state index in [4.69, 9.17) is 14.6 Å². The van der Waals surface area contributed by atoms with E-state index in [9.17, 15) is 10.2 Å². The van der Waals surface area contributed by atoms with Crippen LogP contribution in [0.25, 0.3) is 0 Å². The van der Waals surface area contributed by atoms with Crippen molar-refractivity contribution >= 4 is 0 Å². The van der Waals surface area contributed by atoms with Crippen molar-refractivity contribution in [1.29, 1.82) is 0 Å². The van der Waals surface area contributed by atoms with Crippen LogP contribution in [0.3, 0.4) is 0 Å². The van der Waals surface area contributed by atoms with Crippen LogP contribution in [0.5, 0.6) is 0 Å². The van der Waals surface area contributed by atoms with Crippen molar-refractivity contribution in [3.05, 3.63) is 12.2 Å². The summed E-state index contributed by atoms with van der Waals surface area (Å²) in [5.74, 6) is 0. The fourth-order valence-corrected chi connectivity index (χ4v) is 3.42. The van der Waals surface area contributed by atoms with Crippen LogP contribution in [0.2, 0.25) is 0 Å². The summed E-state index contributed by atoms with van der Waals surface area (Å²) in [7, 11) is 0. The molecule has 5 heteroatoms. The first-order valence-electron chi connectivity index (χ1n) is 10.5. The van der Waals surface area contributed by atoms with Crippen LogP contribution in [0, 0.1) is 0 Å². The first-order valence-corrected chi connectivity index (χ1v) is 10.5. The quantitative estimate of drug-likeness (QED) is 0.286. The van der Waals surface area contributed by atoms with E-state index in [1.54, 1.807) is 0 Å². The lowest BCUT2D eigenvalue weighted by Gasteiger charge is -2.23. The maximum atomic E-state index is 9.86. The molecule has 0 aromatic carbocycles. The molecule has 4 atom stereocenters. The second-order valence-corrected chi connectivity index (χ2v) is 7.34. The van der Waals surface area contributed by atoms with Crippen LogP contribution in [0.1, 0.15) is 77.6 Å². The van der Waals surface area contributed by atoms with Crippen molar-refractivity contribution in [3.63, 3.8) is 0 Å². The molecule has 0 aromatic heterocycles. The predicted molar refractivity (Wildman–Crippen MR) is 104 cm³/mol. The Balaban J connectivity index is 1.90. The molecule has 0 unspecified atom stereocenters. The molecule has 0 aromatic rings. The van der Waals surface area contributed by atoms with Gasteiger partial charge in [0.05, 0.1) is 13.2 Å². The topological polar surface area (TPSA) is 79.2 Å². The Morgan fingerprint density at radius 3 is 2.15 bits per heavy atom. The summed E-state index contributed by atoms with van der Waals surface area (Å²) in [6.45, 7) is 2.41. The minimum absolute atomic E-state index is 0.154. The van der Waals surface area contributed by atoms with Gasteiger partial charge in [-0.3, -0.25) is 0 Å². The fraction of sp³-hybridized carbons (Fsp3) is 0.905. The number of hydrogen-bond acceptors (Lipinski definition) is 5. The zero-order chi connectivity index (χ0) is 19.0. The number of ether oxygens (including phenoxy) is 2. The van der Waals surface area contributed by atoms with Gasteiger partial charge in [-0.1, -0.05) is 63.5 Å². The van der Waals surface area contributed by atoms with E-state index >= 15 is 0 Å². The Bertz CT molecular complexity index is 347. The summed E-state index contributed by atoms with van der Waals surface area (Å²) in [6, 6.07) is 0. The van der Waals surface area contributed by atoms with Crippen molar-refractivity contribution in [2.45, 2.75) is 102 Å². The van der Waals surface area contributed by atoms with Gasteiger partial charge in [0.2, 0.25) is 0 Å². The molecule has 0 bridgehead atoms. The van der Waals surface area contributed by atoms with Gasteiger partial charge in [0, 0.05) is 6.61 Å². The fourth-order valence-electron chi connectivity index (χ4n) is 3.42. The molecule has 0 aliphatic carbocycles. The molecule has 154 valence electrons. The summed E-state index contributed by atoms with van der Waals surface area (Å²) < 4.78 is 11.0. The molecule has 26 heavy (non-hydrogen) atoms. The molecule has 1 rings (SSSR count). The van der Waals surface area contributed by atoms with Gasteiger partial charge in [0.15, 0.2) is 0 Å². The van der Waals surface area contributed by atoms with Gasteiger partial charge in [0.1, 0.15) is 24.4 Å². The van der Waals surface area contributed by atoms with E-state index in [1.165, 1.54) is 57.8 Å². The molecule has 1 heterocycles. The molecule has 1 saturated heterocycles. The van der Waals surface area contributed by atoms with Crippen LogP contribution in [0.4, 0.5) is 0 Å². The van der Waals surface area contributed by atoms with Crippen molar-refractivity contribution in [2.24, 2.45) is 0 Å². The third-order valence-corrected chi connectivity index (χ3v) is 5.04. The van der Waals surface area contributed by atoms with Crippen LogP contribution in [-0.2, 0) is 9.47 Å². The Labute approximate surface area is 159 Å². The van der Waals surface area contributed by atoms with Gasteiger partial charge in [-0.05, 0) is 26.2 Å². The highest BCUT2D eigenvalue weighted by Crippen LogP contribution is 2.21. The average Bonchev–Trinajstić information content (AvgIpc) is 3.02. The number of hydrogen-bond donors (Lipinski definition) is 3. The Morgan fingerprint density at radius 1 is 1.00 bits per heavy atom. The van der Waals surface area contributed by atoms with Gasteiger partial charge in [-0.15, -0.1) is 0 Å².